The maximum Gasteiger partial charge on any atom is 0.435 e. The Labute approximate surface area is 242 Å². The van der Waals surface area contributed by atoms with Gasteiger partial charge in [-0.2, -0.15) is 39.5 Å². The van der Waals surface area contributed by atoms with Crippen LogP contribution in [0.1, 0.15) is 37.4 Å². The first-order valence-electron chi connectivity index (χ1n) is 11.2. The minimum absolute atomic E-state index is 0.127. The van der Waals surface area contributed by atoms with E-state index in [1.54, 1.807) is 0 Å². The Kier molecular flexibility index (Phi) is 9.02. The average molecular weight is 727 g/mol. The fourth-order valence-corrected chi connectivity index (χ4v) is 4.75. The molecule has 0 saturated heterocycles. The Balaban J connectivity index is 2.08. The quantitative estimate of drug-likeness (QED) is 0.145. The predicted octanol–water partition coefficient (Wildman–Crippen LogP) is 8.58. The summed E-state index contributed by atoms with van der Waals surface area (Å²) in [6, 6.07) is 6.30. The van der Waals surface area contributed by atoms with Crippen molar-refractivity contribution in [3.63, 3.8) is 0 Å². The van der Waals surface area contributed by atoms with Crippen molar-refractivity contribution < 1.29 is 62.3 Å². The Morgan fingerprint density at radius 1 is 0.810 bits per heavy atom. The van der Waals surface area contributed by atoms with Crippen LogP contribution in [0.5, 0.6) is 0 Å². The molecule has 3 nitrogen and oxygen atoms in total. The average Bonchev–Trinajstić information content (AvgIpc) is 2.86. The van der Waals surface area contributed by atoms with E-state index < -0.39 is 91.5 Å². The third kappa shape index (κ3) is 6.22. The van der Waals surface area contributed by atoms with Crippen molar-refractivity contribution in [3.8, 4) is 0 Å². The fourth-order valence-electron chi connectivity index (χ4n) is 3.93. The van der Waals surface area contributed by atoms with E-state index in [0.29, 0.717) is 4.90 Å². The molecule has 0 aliphatic carbocycles. The molecule has 42 heavy (non-hydrogen) atoms. The van der Waals surface area contributed by atoms with Crippen molar-refractivity contribution >= 4 is 40.0 Å². The standard InChI is InChI=1S/C26H14F12INO2/c1-40(22(42)12-4-2-5-14(27)8-12)19-7-3-6-15(21(19)28)20(41)11-16-17(24(30,31)32)9-13(10-18(16)39)23(29,25(33,34)35)26(36,37)38/h2-10H,11H2,1H3. The van der Waals surface area contributed by atoms with Gasteiger partial charge >= 0.3 is 24.2 Å². The highest BCUT2D eigenvalue weighted by molar-refractivity contribution is 14.1. The largest absolute Gasteiger partial charge is 0.435 e. The van der Waals surface area contributed by atoms with Gasteiger partial charge in [0.1, 0.15) is 5.82 Å². The van der Waals surface area contributed by atoms with E-state index in [1.807, 2.05) is 0 Å². The number of alkyl halides is 10. The zero-order chi connectivity index (χ0) is 32.0. The van der Waals surface area contributed by atoms with Gasteiger partial charge in [-0.05, 0) is 70.6 Å². The molecule has 0 bridgehead atoms. The molecule has 0 fully saturated rings. The van der Waals surface area contributed by atoms with Crippen molar-refractivity contribution in [2.45, 2.75) is 30.6 Å². The van der Waals surface area contributed by atoms with E-state index >= 15 is 4.39 Å². The molecule has 0 radical (unpaired) electrons. The Morgan fingerprint density at radius 3 is 1.90 bits per heavy atom. The molecule has 16 heteroatoms. The molecule has 0 N–H and O–H groups in total. The first kappa shape index (κ1) is 33.2. The second kappa shape index (κ2) is 11.4. The molecule has 1 amide bonds. The number of halogens is 13. The highest BCUT2D eigenvalue weighted by Gasteiger charge is 2.73. The minimum Gasteiger partial charge on any atom is -0.309 e. The summed E-state index contributed by atoms with van der Waals surface area (Å²) < 4.78 is 163. The highest BCUT2D eigenvalue weighted by Crippen LogP contribution is 2.54. The van der Waals surface area contributed by atoms with Crippen LogP contribution in [0.2, 0.25) is 0 Å². The maximum absolute atomic E-state index is 15.3. The van der Waals surface area contributed by atoms with Crippen molar-refractivity contribution in [2.24, 2.45) is 0 Å². The lowest BCUT2D eigenvalue weighted by molar-refractivity contribution is -0.348. The van der Waals surface area contributed by atoms with Crippen LogP contribution in [0.4, 0.5) is 58.4 Å². The summed E-state index contributed by atoms with van der Waals surface area (Å²) in [7, 11) is 1.05. The van der Waals surface area contributed by atoms with E-state index in [9.17, 15) is 57.9 Å². The van der Waals surface area contributed by atoms with E-state index in [1.165, 1.54) is 12.1 Å². The number of carbonyl (C=O) groups is 2. The predicted molar refractivity (Wildman–Crippen MR) is 133 cm³/mol. The van der Waals surface area contributed by atoms with Crippen molar-refractivity contribution in [3.05, 3.63) is 97.6 Å². The van der Waals surface area contributed by atoms with Gasteiger partial charge in [-0.3, -0.25) is 9.59 Å². The second-order valence-electron chi connectivity index (χ2n) is 8.75. The van der Waals surface area contributed by atoms with Crippen LogP contribution in [0.3, 0.4) is 0 Å². The van der Waals surface area contributed by atoms with Crippen LogP contribution in [0.25, 0.3) is 0 Å². The SMILES string of the molecule is CN(C(=O)c1cccc(F)c1)c1cccc(C(=O)Cc2c(I)cc(C(F)(C(F)(F)F)C(F)(F)F)cc2C(F)(F)F)c1F. The summed E-state index contributed by atoms with van der Waals surface area (Å²) >= 11 is 0.914. The van der Waals surface area contributed by atoms with Gasteiger partial charge in [-0.1, -0.05) is 12.1 Å². The van der Waals surface area contributed by atoms with Gasteiger partial charge in [-0.25, -0.2) is 13.2 Å². The van der Waals surface area contributed by atoms with Crippen LogP contribution < -0.4 is 4.90 Å². The number of hydrogen-bond donors (Lipinski definition) is 0. The summed E-state index contributed by atoms with van der Waals surface area (Å²) in [4.78, 5) is 26.3. The smallest absolute Gasteiger partial charge is 0.309 e. The fraction of sp³-hybridized carbons (Fsp3) is 0.231. The first-order valence-corrected chi connectivity index (χ1v) is 12.3. The lowest BCUT2D eigenvalue weighted by Gasteiger charge is -2.31. The molecular weight excluding hydrogens is 713 g/mol. The third-order valence-electron chi connectivity index (χ3n) is 6.03. The second-order valence-corrected chi connectivity index (χ2v) is 9.91. The van der Waals surface area contributed by atoms with Crippen LogP contribution in [-0.2, 0) is 18.3 Å². The van der Waals surface area contributed by atoms with E-state index in [0.717, 1.165) is 60.0 Å². The summed E-state index contributed by atoms with van der Waals surface area (Å²) in [5.74, 6) is -4.55. The summed E-state index contributed by atoms with van der Waals surface area (Å²) in [5.41, 5.74) is -13.6. The normalized spacial score (nSPS) is 12.8. The molecule has 0 heterocycles. The van der Waals surface area contributed by atoms with Crippen molar-refractivity contribution in [1.82, 2.24) is 0 Å². The number of anilines is 1. The maximum atomic E-state index is 15.3. The number of rotatable bonds is 6. The number of carbonyl (C=O) groups excluding carboxylic acids is 2. The molecule has 3 rings (SSSR count). The zero-order valence-electron chi connectivity index (χ0n) is 20.6. The summed E-state index contributed by atoms with van der Waals surface area (Å²) in [6.45, 7) is 0. The first-order chi connectivity index (χ1) is 19.1. The Bertz CT molecular complexity index is 1520. The van der Waals surface area contributed by atoms with Crippen LogP contribution in [-0.4, -0.2) is 31.1 Å². The van der Waals surface area contributed by atoms with Gasteiger partial charge in [0.2, 0.25) is 0 Å². The number of ketones is 1. The third-order valence-corrected chi connectivity index (χ3v) is 7.00. The van der Waals surface area contributed by atoms with Crippen molar-refractivity contribution in [1.29, 1.82) is 0 Å². The molecule has 0 aromatic heterocycles. The monoisotopic (exact) mass is 727 g/mol. The topological polar surface area (TPSA) is 37.4 Å². The number of amides is 1. The molecule has 0 atom stereocenters. The van der Waals surface area contributed by atoms with E-state index in [-0.39, 0.29) is 11.6 Å². The Morgan fingerprint density at radius 2 is 1.38 bits per heavy atom. The van der Waals surface area contributed by atoms with E-state index in [2.05, 4.69) is 0 Å². The number of benzene rings is 3. The molecule has 0 aliphatic rings. The number of hydrogen-bond acceptors (Lipinski definition) is 2. The molecule has 3 aromatic rings. The van der Waals surface area contributed by atoms with Crippen LogP contribution >= 0.6 is 22.6 Å². The van der Waals surface area contributed by atoms with E-state index in [4.69, 9.17) is 0 Å². The van der Waals surface area contributed by atoms with Crippen LogP contribution in [0.15, 0.2) is 54.6 Å². The van der Waals surface area contributed by atoms with Gasteiger partial charge in [-0.15, -0.1) is 0 Å². The molecule has 226 valence electrons. The lowest BCUT2D eigenvalue weighted by atomic mass is 9.89. The summed E-state index contributed by atoms with van der Waals surface area (Å²) in [6.07, 6.45) is -20.4. The van der Waals surface area contributed by atoms with Crippen LogP contribution in [0, 0.1) is 15.2 Å². The number of nitrogens with zero attached hydrogens (tertiary/aromatic N) is 1. The number of Topliss-reactive ketones (excluding diaryl/α,β-unsaturated/α-hetero) is 1. The minimum atomic E-state index is -6.70. The van der Waals surface area contributed by atoms with Crippen molar-refractivity contribution in [2.75, 3.05) is 11.9 Å². The summed E-state index contributed by atoms with van der Waals surface area (Å²) in [5, 5.41) is 0. The molecule has 0 spiro atoms. The zero-order valence-corrected chi connectivity index (χ0v) is 22.7. The molecule has 0 unspecified atom stereocenters. The molecular formula is C26H14F12INO2. The molecule has 3 aromatic carbocycles. The molecule has 0 saturated carbocycles. The van der Waals surface area contributed by atoms with Gasteiger partial charge in [0, 0.05) is 28.2 Å². The lowest BCUT2D eigenvalue weighted by Crippen LogP contribution is -2.50. The highest BCUT2D eigenvalue weighted by atomic mass is 127. The van der Waals surface area contributed by atoms with Gasteiger partial charge in [0.15, 0.2) is 11.6 Å². The van der Waals surface area contributed by atoms with Gasteiger partial charge in [0.25, 0.3) is 5.91 Å². The van der Waals surface area contributed by atoms with Gasteiger partial charge < -0.3 is 4.90 Å². The van der Waals surface area contributed by atoms with Gasteiger partial charge in [0.05, 0.1) is 16.8 Å². The Hall–Kier alpha value is -3.31. The molecule has 0 aliphatic heterocycles.